The molecule has 1 aromatic carbocycles. The van der Waals surface area contributed by atoms with E-state index < -0.39 is 0 Å². The summed E-state index contributed by atoms with van der Waals surface area (Å²) in [6.45, 7) is 4.10. The Morgan fingerprint density at radius 3 is 2.76 bits per heavy atom. The minimum absolute atomic E-state index is 0.0982. The molecule has 0 bridgehead atoms. The molecule has 0 aliphatic carbocycles. The zero-order chi connectivity index (χ0) is 12.4. The Balaban J connectivity index is 2.58. The predicted molar refractivity (Wildman–Crippen MR) is 73.5 cm³/mol. The molecule has 0 amide bonds. The smallest absolute Gasteiger partial charge is 0.133 e. The number of benzene rings is 1. The number of halogens is 1. The summed E-state index contributed by atoms with van der Waals surface area (Å²) in [6, 6.07) is 8.43. The van der Waals surface area contributed by atoms with E-state index in [-0.39, 0.29) is 6.04 Å². The summed E-state index contributed by atoms with van der Waals surface area (Å²) in [4.78, 5) is 4.51. The Morgan fingerprint density at radius 2 is 2.12 bits per heavy atom. The lowest BCUT2D eigenvalue weighted by Gasteiger charge is -2.10. The van der Waals surface area contributed by atoms with Crippen molar-refractivity contribution < 1.29 is 0 Å². The Bertz CT molecular complexity index is 535. The van der Waals surface area contributed by atoms with Crippen LogP contribution in [0, 0.1) is 0 Å². The number of pyridine rings is 1. The molecule has 0 aliphatic rings. The van der Waals surface area contributed by atoms with E-state index in [1.807, 2.05) is 6.92 Å². The van der Waals surface area contributed by atoms with Gasteiger partial charge in [-0.15, -0.1) is 0 Å². The van der Waals surface area contributed by atoms with E-state index in [0.29, 0.717) is 5.15 Å². The maximum absolute atomic E-state index is 6.21. The molecular formula is C14H17ClN2. The van der Waals surface area contributed by atoms with Gasteiger partial charge in [-0.1, -0.05) is 36.7 Å². The average Bonchev–Trinajstić information content (AvgIpc) is 2.29. The monoisotopic (exact) mass is 248 g/mol. The fourth-order valence-electron chi connectivity index (χ4n) is 2.06. The summed E-state index contributed by atoms with van der Waals surface area (Å²) < 4.78 is 0. The molecule has 17 heavy (non-hydrogen) atoms. The van der Waals surface area contributed by atoms with Gasteiger partial charge in [0.25, 0.3) is 0 Å². The van der Waals surface area contributed by atoms with Gasteiger partial charge < -0.3 is 5.73 Å². The predicted octanol–water partition coefficient (Wildman–Crippen LogP) is 3.34. The third-order valence-corrected chi connectivity index (χ3v) is 3.21. The maximum Gasteiger partial charge on any atom is 0.133 e. The zero-order valence-electron chi connectivity index (χ0n) is 10.2. The standard InChI is InChI=1S/C14H17ClN2/c1-3-10-5-4-6-11-8-12(7-9(2)16)14(15)17-13(10)11/h4-6,8-9H,3,7,16H2,1-2H3. The number of rotatable bonds is 3. The lowest BCUT2D eigenvalue weighted by molar-refractivity contribution is 0.737. The summed E-state index contributed by atoms with van der Waals surface area (Å²) in [6.07, 6.45) is 1.73. The summed E-state index contributed by atoms with van der Waals surface area (Å²) in [5, 5.41) is 1.72. The SMILES string of the molecule is CCc1cccc2cc(CC(C)N)c(Cl)nc12. The largest absolute Gasteiger partial charge is 0.328 e. The van der Waals surface area contributed by atoms with Crippen LogP contribution in [-0.4, -0.2) is 11.0 Å². The van der Waals surface area contributed by atoms with E-state index in [9.17, 15) is 0 Å². The molecule has 2 aromatic rings. The third-order valence-electron chi connectivity index (χ3n) is 2.88. The molecule has 2 N–H and O–H groups in total. The minimum Gasteiger partial charge on any atom is -0.328 e. The second-order valence-corrected chi connectivity index (χ2v) is 4.82. The van der Waals surface area contributed by atoms with Crippen LogP contribution in [0.15, 0.2) is 24.3 Å². The number of aryl methyl sites for hydroxylation is 1. The zero-order valence-corrected chi connectivity index (χ0v) is 11.0. The number of para-hydroxylation sites is 1. The highest BCUT2D eigenvalue weighted by Gasteiger charge is 2.08. The van der Waals surface area contributed by atoms with Crippen molar-refractivity contribution in [2.24, 2.45) is 5.73 Å². The number of hydrogen-bond donors (Lipinski definition) is 1. The second kappa shape index (κ2) is 5.03. The first-order valence-electron chi connectivity index (χ1n) is 5.94. The summed E-state index contributed by atoms with van der Waals surface area (Å²) >= 11 is 6.21. The summed E-state index contributed by atoms with van der Waals surface area (Å²) in [7, 11) is 0. The highest BCUT2D eigenvalue weighted by Crippen LogP contribution is 2.24. The first-order chi connectivity index (χ1) is 8.11. The first-order valence-corrected chi connectivity index (χ1v) is 6.32. The van der Waals surface area contributed by atoms with Crippen molar-refractivity contribution in [1.82, 2.24) is 4.98 Å². The number of nitrogens with zero attached hydrogens (tertiary/aromatic N) is 1. The van der Waals surface area contributed by atoms with E-state index in [1.165, 1.54) is 5.56 Å². The van der Waals surface area contributed by atoms with Gasteiger partial charge >= 0.3 is 0 Å². The van der Waals surface area contributed by atoms with Crippen molar-refractivity contribution in [2.75, 3.05) is 0 Å². The van der Waals surface area contributed by atoms with Gasteiger partial charge in [0, 0.05) is 11.4 Å². The van der Waals surface area contributed by atoms with E-state index in [0.717, 1.165) is 29.3 Å². The molecule has 0 radical (unpaired) electrons. The molecular weight excluding hydrogens is 232 g/mol. The molecule has 0 aliphatic heterocycles. The number of fused-ring (bicyclic) bond motifs is 1. The fraction of sp³-hybridized carbons (Fsp3) is 0.357. The number of hydrogen-bond acceptors (Lipinski definition) is 2. The maximum atomic E-state index is 6.21. The fourth-order valence-corrected chi connectivity index (χ4v) is 2.27. The summed E-state index contributed by atoms with van der Waals surface area (Å²) in [5.41, 5.74) is 9.08. The summed E-state index contributed by atoms with van der Waals surface area (Å²) in [5.74, 6) is 0. The van der Waals surface area contributed by atoms with E-state index in [1.54, 1.807) is 0 Å². The van der Waals surface area contributed by atoms with Crippen LogP contribution in [0.1, 0.15) is 25.0 Å². The average molecular weight is 249 g/mol. The molecule has 0 saturated carbocycles. The highest BCUT2D eigenvalue weighted by atomic mass is 35.5. The van der Waals surface area contributed by atoms with Gasteiger partial charge in [-0.3, -0.25) is 0 Å². The van der Waals surface area contributed by atoms with Crippen molar-refractivity contribution in [2.45, 2.75) is 32.7 Å². The Morgan fingerprint density at radius 1 is 1.35 bits per heavy atom. The van der Waals surface area contributed by atoms with Crippen LogP contribution in [-0.2, 0) is 12.8 Å². The van der Waals surface area contributed by atoms with Crippen LogP contribution in [0.25, 0.3) is 10.9 Å². The van der Waals surface area contributed by atoms with Crippen LogP contribution in [0.3, 0.4) is 0 Å². The molecule has 1 atom stereocenters. The van der Waals surface area contributed by atoms with Gasteiger partial charge in [0.05, 0.1) is 5.52 Å². The molecule has 0 spiro atoms. The molecule has 0 saturated heterocycles. The Hall–Kier alpha value is -1.12. The third kappa shape index (κ3) is 2.59. The Labute approximate surface area is 107 Å². The van der Waals surface area contributed by atoms with Crippen LogP contribution in [0.4, 0.5) is 0 Å². The van der Waals surface area contributed by atoms with Crippen molar-refractivity contribution >= 4 is 22.5 Å². The molecule has 1 heterocycles. The molecule has 1 unspecified atom stereocenters. The normalized spacial score (nSPS) is 12.9. The Kier molecular flexibility index (Phi) is 3.65. The quantitative estimate of drug-likeness (QED) is 0.847. The van der Waals surface area contributed by atoms with Gasteiger partial charge in [0.1, 0.15) is 5.15 Å². The lowest BCUT2D eigenvalue weighted by atomic mass is 10.0. The van der Waals surface area contributed by atoms with Gasteiger partial charge in [-0.2, -0.15) is 0 Å². The molecule has 0 fully saturated rings. The van der Waals surface area contributed by atoms with E-state index >= 15 is 0 Å². The lowest BCUT2D eigenvalue weighted by Crippen LogP contribution is -2.18. The van der Waals surface area contributed by atoms with E-state index in [4.69, 9.17) is 17.3 Å². The first kappa shape index (κ1) is 12.3. The van der Waals surface area contributed by atoms with Gasteiger partial charge in [-0.05, 0) is 37.0 Å². The van der Waals surface area contributed by atoms with Gasteiger partial charge in [0.15, 0.2) is 0 Å². The van der Waals surface area contributed by atoms with Gasteiger partial charge in [-0.25, -0.2) is 4.98 Å². The molecule has 1 aromatic heterocycles. The van der Waals surface area contributed by atoms with E-state index in [2.05, 4.69) is 36.2 Å². The highest BCUT2D eigenvalue weighted by molar-refractivity contribution is 6.30. The second-order valence-electron chi connectivity index (χ2n) is 4.46. The van der Waals surface area contributed by atoms with Crippen LogP contribution in [0.5, 0.6) is 0 Å². The van der Waals surface area contributed by atoms with Crippen molar-refractivity contribution in [3.63, 3.8) is 0 Å². The molecule has 2 rings (SSSR count). The van der Waals surface area contributed by atoms with Crippen molar-refractivity contribution in [3.05, 3.63) is 40.5 Å². The molecule has 2 nitrogen and oxygen atoms in total. The van der Waals surface area contributed by atoms with Crippen LogP contribution in [0.2, 0.25) is 5.15 Å². The van der Waals surface area contributed by atoms with Gasteiger partial charge in [0.2, 0.25) is 0 Å². The van der Waals surface area contributed by atoms with Crippen molar-refractivity contribution in [3.8, 4) is 0 Å². The molecule has 90 valence electrons. The van der Waals surface area contributed by atoms with Crippen molar-refractivity contribution in [1.29, 1.82) is 0 Å². The molecule has 3 heteroatoms. The van der Waals surface area contributed by atoms with Crippen LogP contribution >= 0.6 is 11.6 Å². The van der Waals surface area contributed by atoms with Crippen LogP contribution < -0.4 is 5.73 Å². The number of aromatic nitrogens is 1. The minimum atomic E-state index is 0.0982. The topological polar surface area (TPSA) is 38.9 Å². The number of nitrogens with two attached hydrogens (primary N) is 1.